The van der Waals surface area contributed by atoms with Crippen LogP contribution in [0.25, 0.3) is 0 Å². The van der Waals surface area contributed by atoms with Crippen LogP contribution < -0.4 is 11.1 Å². The van der Waals surface area contributed by atoms with Gasteiger partial charge in [0.05, 0.1) is 10.6 Å². The number of nitro groups is 1. The highest BCUT2D eigenvalue weighted by Crippen LogP contribution is 2.28. The van der Waals surface area contributed by atoms with Gasteiger partial charge in [-0.3, -0.25) is 10.1 Å². The molecule has 0 bridgehead atoms. The number of hydrogen-bond acceptors (Lipinski definition) is 4. The molecule has 0 aliphatic heterocycles. The monoisotopic (exact) mass is 373 g/mol. The van der Waals surface area contributed by atoms with Crippen LogP contribution in [-0.2, 0) is 0 Å². The maximum absolute atomic E-state index is 13.0. The third-order valence-electron chi connectivity index (χ3n) is 2.43. The molecule has 7 heteroatoms. The van der Waals surface area contributed by atoms with Gasteiger partial charge in [-0.15, -0.1) is 0 Å². The summed E-state index contributed by atoms with van der Waals surface area (Å²) in [6, 6.07) is 8.66. The summed E-state index contributed by atoms with van der Waals surface area (Å²) >= 11 is 2.00. The second kappa shape index (κ2) is 5.39. The molecule has 0 aliphatic rings. The van der Waals surface area contributed by atoms with Gasteiger partial charge >= 0.3 is 0 Å². The van der Waals surface area contributed by atoms with E-state index < -0.39 is 4.92 Å². The topological polar surface area (TPSA) is 81.2 Å². The third-order valence-corrected chi connectivity index (χ3v) is 3.33. The van der Waals surface area contributed by atoms with E-state index in [9.17, 15) is 14.5 Å². The second-order valence-electron chi connectivity index (χ2n) is 3.78. The Balaban J connectivity index is 2.29. The first-order valence-electron chi connectivity index (χ1n) is 5.23. The molecule has 0 unspecified atom stereocenters. The summed E-state index contributed by atoms with van der Waals surface area (Å²) in [5, 5.41) is 13.7. The predicted octanol–water partition coefficient (Wildman–Crippen LogP) is 3.66. The molecule has 0 spiro atoms. The molecule has 0 atom stereocenters. The van der Waals surface area contributed by atoms with Crippen molar-refractivity contribution in [3.8, 4) is 0 Å². The van der Waals surface area contributed by atoms with Gasteiger partial charge in [0, 0.05) is 15.3 Å². The zero-order valence-electron chi connectivity index (χ0n) is 9.56. The molecule has 2 aromatic carbocycles. The lowest BCUT2D eigenvalue weighted by Crippen LogP contribution is -1.98. The van der Waals surface area contributed by atoms with Crippen LogP contribution in [0, 0.1) is 19.5 Å². The number of nitrogen functional groups attached to an aromatic ring is 1. The number of halogens is 2. The molecule has 0 aromatic heterocycles. The van der Waals surface area contributed by atoms with Gasteiger partial charge < -0.3 is 11.1 Å². The number of nitrogens with one attached hydrogen (secondary N) is 1. The van der Waals surface area contributed by atoms with Crippen LogP contribution in [0.3, 0.4) is 0 Å². The number of anilines is 3. The van der Waals surface area contributed by atoms with Crippen molar-refractivity contribution in [2.75, 3.05) is 11.1 Å². The Morgan fingerprint density at radius 2 is 2.00 bits per heavy atom. The maximum Gasteiger partial charge on any atom is 0.292 e. The van der Waals surface area contributed by atoms with Crippen molar-refractivity contribution in [2.45, 2.75) is 0 Å². The standard InChI is InChI=1S/C12H9FIN3O2/c13-7-1-3-11(9(14)5-7)16-8-2-4-12(17(18)19)10(15)6-8/h1-6,16H,15H2. The highest BCUT2D eigenvalue weighted by atomic mass is 127. The van der Waals surface area contributed by atoms with E-state index in [-0.39, 0.29) is 17.2 Å². The van der Waals surface area contributed by atoms with Gasteiger partial charge in [-0.1, -0.05) is 0 Å². The van der Waals surface area contributed by atoms with E-state index in [0.29, 0.717) is 14.9 Å². The molecule has 19 heavy (non-hydrogen) atoms. The van der Waals surface area contributed by atoms with Gasteiger partial charge in [0.25, 0.3) is 5.69 Å². The number of nitrogens with zero attached hydrogens (tertiary/aromatic N) is 1. The van der Waals surface area contributed by atoms with Crippen LogP contribution >= 0.6 is 22.6 Å². The first-order valence-corrected chi connectivity index (χ1v) is 6.31. The minimum Gasteiger partial charge on any atom is -0.393 e. The second-order valence-corrected chi connectivity index (χ2v) is 4.94. The first kappa shape index (κ1) is 13.5. The molecule has 2 aromatic rings. The average molecular weight is 373 g/mol. The van der Waals surface area contributed by atoms with Crippen molar-refractivity contribution in [2.24, 2.45) is 0 Å². The Kier molecular flexibility index (Phi) is 3.84. The smallest absolute Gasteiger partial charge is 0.292 e. The Labute approximate surface area is 121 Å². The number of benzene rings is 2. The first-order chi connectivity index (χ1) is 8.97. The van der Waals surface area contributed by atoms with Gasteiger partial charge in [0.2, 0.25) is 0 Å². The minimum atomic E-state index is -0.541. The fraction of sp³-hybridized carbons (Fsp3) is 0. The summed E-state index contributed by atoms with van der Waals surface area (Å²) in [7, 11) is 0. The summed E-state index contributed by atoms with van der Waals surface area (Å²) in [6.07, 6.45) is 0. The van der Waals surface area contributed by atoms with Crippen LogP contribution in [-0.4, -0.2) is 4.92 Å². The Hall–Kier alpha value is -1.90. The highest BCUT2D eigenvalue weighted by Gasteiger charge is 2.11. The lowest BCUT2D eigenvalue weighted by molar-refractivity contribution is -0.383. The summed E-state index contributed by atoms with van der Waals surface area (Å²) in [4.78, 5) is 10.1. The van der Waals surface area contributed by atoms with Crippen molar-refractivity contribution in [3.63, 3.8) is 0 Å². The molecule has 3 N–H and O–H groups in total. The molecular formula is C12H9FIN3O2. The molecule has 0 saturated heterocycles. The van der Waals surface area contributed by atoms with Crippen LogP contribution in [0.2, 0.25) is 0 Å². The Morgan fingerprint density at radius 1 is 1.26 bits per heavy atom. The quantitative estimate of drug-likeness (QED) is 0.372. The largest absolute Gasteiger partial charge is 0.393 e. The van der Waals surface area contributed by atoms with Gasteiger partial charge in [0.15, 0.2) is 0 Å². The number of rotatable bonds is 3. The molecule has 0 aliphatic carbocycles. The van der Waals surface area contributed by atoms with Gasteiger partial charge in [0.1, 0.15) is 11.5 Å². The van der Waals surface area contributed by atoms with Crippen LogP contribution in [0.1, 0.15) is 0 Å². The van der Waals surface area contributed by atoms with Crippen molar-refractivity contribution in [1.82, 2.24) is 0 Å². The third kappa shape index (κ3) is 3.11. The summed E-state index contributed by atoms with van der Waals surface area (Å²) in [5.41, 5.74) is 6.84. The van der Waals surface area contributed by atoms with E-state index in [1.165, 1.54) is 24.3 Å². The molecule has 0 amide bonds. The SMILES string of the molecule is Nc1cc(Nc2ccc(F)cc2I)ccc1[N+](=O)[O-]. The summed E-state index contributed by atoms with van der Waals surface area (Å²) < 4.78 is 13.7. The zero-order chi connectivity index (χ0) is 14.0. The number of nitro benzene ring substituents is 1. The van der Waals surface area contributed by atoms with E-state index in [1.807, 2.05) is 22.6 Å². The maximum atomic E-state index is 13.0. The molecule has 5 nitrogen and oxygen atoms in total. The fourth-order valence-electron chi connectivity index (χ4n) is 1.54. The lowest BCUT2D eigenvalue weighted by Gasteiger charge is -2.09. The highest BCUT2D eigenvalue weighted by molar-refractivity contribution is 14.1. The predicted molar refractivity (Wildman–Crippen MR) is 79.9 cm³/mol. The van der Waals surface area contributed by atoms with Crippen molar-refractivity contribution >= 4 is 45.3 Å². The summed E-state index contributed by atoms with van der Waals surface area (Å²) in [6.45, 7) is 0. The van der Waals surface area contributed by atoms with E-state index in [2.05, 4.69) is 5.32 Å². The van der Waals surface area contributed by atoms with Crippen LogP contribution in [0.5, 0.6) is 0 Å². The molecule has 0 heterocycles. The number of hydrogen-bond donors (Lipinski definition) is 2. The van der Waals surface area contributed by atoms with Gasteiger partial charge in [-0.05, 0) is 52.9 Å². The van der Waals surface area contributed by atoms with E-state index in [4.69, 9.17) is 5.73 Å². The molecule has 0 saturated carbocycles. The molecule has 98 valence electrons. The van der Waals surface area contributed by atoms with Gasteiger partial charge in [-0.25, -0.2) is 4.39 Å². The normalized spacial score (nSPS) is 10.2. The molecular weight excluding hydrogens is 364 g/mol. The van der Waals surface area contributed by atoms with E-state index in [0.717, 1.165) is 0 Å². The van der Waals surface area contributed by atoms with Gasteiger partial charge in [-0.2, -0.15) is 0 Å². The van der Waals surface area contributed by atoms with Crippen molar-refractivity contribution in [1.29, 1.82) is 0 Å². The lowest BCUT2D eigenvalue weighted by atomic mass is 10.2. The Morgan fingerprint density at radius 3 is 2.58 bits per heavy atom. The van der Waals surface area contributed by atoms with E-state index in [1.54, 1.807) is 12.1 Å². The zero-order valence-corrected chi connectivity index (χ0v) is 11.7. The van der Waals surface area contributed by atoms with Crippen molar-refractivity contribution in [3.05, 3.63) is 55.9 Å². The average Bonchev–Trinajstić information content (AvgIpc) is 2.32. The molecule has 0 radical (unpaired) electrons. The fourth-order valence-corrected chi connectivity index (χ4v) is 2.16. The Bertz CT molecular complexity index is 649. The van der Waals surface area contributed by atoms with Crippen molar-refractivity contribution < 1.29 is 9.31 Å². The summed E-state index contributed by atoms with van der Waals surface area (Å²) in [5.74, 6) is -0.321. The number of nitrogens with two attached hydrogens (primary N) is 1. The molecule has 2 rings (SSSR count). The minimum absolute atomic E-state index is 0.0760. The van der Waals surface area contributed by atoms with Crippen LogP contribution in [0.15, 0.2) is 36.4 Å². The van der Waals surface area contributed by atoms with Crippen LogP contribution in [0.4, 0.5) is 27.1 Å². The van der Waals surface area contributed by atoms with E-state index >= 15 is 0 Å². The molecule has 0 fully saturated rings.